The number of nitrogens with one attached hydrogen (secondary N) is 2. The molecule has 7 nitrogen and oxygen atoms in total. The first-order valence-corrected chi connectivity index (χ1v) is 9.53. The summed E-state index contributed by atoms with van der Waals surface area (Å²) in [5.74, 6) is 0. The number of benzene rings is 2. The summed E-state index contributed by atoms with van der Waals surface area (Å²) < 4.78 is 1.27. The maximum absolute atomic E-state index is 12.3. The van der Waals surface area contributed by atoms with Gasteiger partial charge in [0.1, 0.15) is 5.01 Å². The highest BCUT2D eigenvalue weighted by atomic mass is 35.5. The van der Waals surface area contributed by atoms with E-state index in [0.717, 1.165) is 5.56 Å². The molecule has 0 saturated carbocycles. The van der Waals surface area contributed by atoms with Gasteiger partial charge >= 0.3 is 6.03 Å². The minimum Gasteiger partial charge on any atom is -0.332 e. The molecule has 2 aromatic heterocycles. The average molecular weight is 412 g/mol. The number of halogens is 1. The Hall–Kier alpha value is -3.23. The van der Waals surface area contributed by atoms with Crippen molar-refractivity contribution in [2.75, 3.05) is 5.32 Å². The van der Waals surface area contributed by atoms with Gasteiger partial charge in [-0.25, -0.2) is 9.78 Å². The SMILES string of the molecule is O=C(NCc1cc(=O)n2nc(-c3ccccc3)sc2n1)Nc1cccc(Cl)c1. The number of hydrogen-bond donors (Lipinski definition) is 2. The first-order valence-electron chi connectivity index (χ1n) is 8.34. The molecule has 4 rings (SSSR count). The second-order valence-electron chi connectivity index (χ2n) is 5.87. The molecule has 2 heterocycles. The van der Waals surface area contributed by atoms with E-state index in [0.29, 0.717) is 26.4 Å². The Morgan fingerprint density at radius 3 is 2.71 bits per heavy atom. The predicted molar refractivity (Wildman–Crippen MR) is 110 cm³/mol. The van der Waals surface area contributed by atoms with Gasteiger partial charge < -0.3 is 10.6 Å². The van der Waals surface area contributed by atoms with E-state index in [1.54, 1.807) is 24.3 Å². The standard InChI is InChI=1S/C19H14ClN5O2S/c20-13-7-4-8-14(9-13)22-18(27)21-11-15-10-16(26)25-19(23-15)28-17(24-25)12-5-2-1-3-6-12/h1-10H,11H2,(H2,21,22,27). The van der Waals surface area contributed by atoms with Gasteiger partial charge in [0.2, 0.25) is 4.96 Å². The molecule has 0 bridgehead atoms. The third kappa shape index (κ3) is 4.03. The number of rotatable bonds is 4. The summed E-state index contributed by atoms with van der Waals surface area (Å²) in [6.45, 7) is 0.108. The lowest BCUT2D eigenvalue weighted by molar-refractivity contribution is 0.251. The van der Waals surface area contributed by atoms with E-state index in [4.69, 9.17) is 11.6 Å². The summed E-state index contributed by atoms with van der Waals surface area (Å²) in [5.41, 5.74) is 1.64. The van der Waals surface area contributed by atoms with Gasteiger partial charge in [-0.3, -0.25) is 4.79 Å². The van der Waals surface area contributed by atoms with E-state index in [1.807, 2.05) is 30.3 Å². The fourth-order valence-corrected chi connectivity index (χ4v) is 3.68. The minimum atomic E-state index is -0.418. The van der Waals surface area contributed by atoms with Crippen molar-refractivity contribution in [2.24, 2.45) is 0 Å². The van der Waals surface area contributed by atoms with E-state index in [2.05, 4.69) is 20.7 Å². The number of aromatic nitrogens is 3. The molecule has 0 atom stereocenters. The zero-order valence-corrected chi connectivity index (χ0v) is 16.0. The van der Waals surface area contributed by atoms with E-state index in [9.17, 15) is 9.59 Å². The fourth-order valence-electron chi connectivity index (χ4n) is 2.56. The molecule has 28 heavy (non-hydrogen) atoms. The third-order valence-electron chi connectivity index (χ3n) is 3.83. The van der Waals surface area contributed by atoms with Gasteiger partial charge in [-0.2, -0.15) is 9.61 Å². The van der Waals surface area contributed by atoms with Crippen molar-refractivity contribution in [1.82, 2.24) is 19.9 Å². The highest BCUT2D eigenvalue weighted by Crippen LogP contribution is 2.23. The molecule has 2 N–H and O–H groups in total. The Morgan fingerprint density at radius 1 is 1.11 bits per heavy atom. The van der Waals surface area contributed by atoms with Crippen molar-refractivity contribution >= 4 is 39.6 Å². The summed E-state index contributed by atoms with van der Waals surface area (Å²) in [7, 11) is 0. The average Bonchev–Trinajstić information content (AvgIpc) is 3.12. The normalized spacial score (nSPS) is 10.8. The molecule has 2 amide bonds. The number of urea groups is 1. The molecule has 0 fully saturated rings. The zero-order valence-electron chi connectivity index (χ0n) is 14.4. The van der Waals surface area contributed by atoms with Crippen LogP contribution in [0, 0.1) is 0 Å². The van der Waals surface area contributed by atoms with Crippen LogP contribution in [-0.2, 0) is 6.54 Å². The van der Waals surface area contributed by atoms with Gasteiger partial charge in [-0.1, -0.05) is 59.3 Å². The third-order valence-corrected chi connectivity index (χ3v) is 5.02. The molecule has 0 unspecified atom stereocenters. The number of amides is 2. The molecule has 2 aromatic carbocycles. The van der Waals surface area contributed by atoms with Gasteiger partial charge in [0, 0.05) is 22.3 Å². The van der Waals surface area contributed by atoms with E-state index < -0.39 is 6.03 Å². The Balaban J connectivity index is 1.50. The maximum atomic E-state index is 12.3. The summed E-state index contributed by atoms with van der Waals surface area (Å²) in [6.07, 6.45) is 0. The van der Waals surface area contributed by atoms with Crippen LogP contribution in [0.25, 0.3) is 15.5 Å². The Kier molecular flexibility index (Phi) is 5.05. The number of nitrogens with zero attached hydrogens (tertiary/aromatic N) is 3. The van der Waals surface area contributed by atoms with Crippen LogP contribution in [0.5, 0.6) is 0 Å². The molecule has 0 spiro atoms. The van der Waals surface area contributed by atoms with Crippen LogP contribution in [-0.4, -0.2) is 20.6 Å². The monoisotopic (exact) mass is 411 g/mol. The van der Waals surface area contributed by atoms with E-state index >= 15 is 0 Å². The topological polar surface area (TPSA) is 88.4 Å². The van der Waals surface area contributed by atoms with Crippen LogP contribution in [0.4, 0.5) is 10.5 Å². The Bertz CT molecular complexity index is 1210. The Morgan fingerprint density at radius 2 is 1.93 bits per heavy atom. The van der Waals surface area contributed by atoms with Crippen molar-refractivity contribution in [1.29, 1.82) is 0 Å². The van der Waals surface area contributed by atoms with E-state index in [-0.39, 0.29) is 12.1 Å². The molecule has 140 valence electrons. The first kappa shape index (κ1) is 18.1. The van der Waals surface area contributed by atoms with Crippen LogP contribution in [0.2, 0.25) is 5.02 Å². The Labute approximate surface area is 168 Å². The van der Waals surface area contributed by atoms with Gasteiger partial charge in [0.05, 0.1) is 12.2 Å². The number of anilines is 1. The summed E-state index contributed by atoms with van der Waals surface area (Å²) in [6, 6.07) is 17.3. The lowest BCUT2D eigenvalue weighted by Gasteiger charge is -2.07. The quantitative estimate of drug-likeness (QED) is 0.534. The van der Waals surface area contributed by atoms with Gasteiger partial charge in [0.15, 0.2) is 0 Å². The van der Waals surface area contributed by atoms with Crippen molar-refractivity contribution < 1.29 is 4.79 Å². The molecular formula is C19H14ClN5O2S. The summed E-state index contributed by atoms with van der Waals surface area (Å²) >= 11 is 7.21. The lowest BCUT2D eigenvalue weighted by atomic mass is 10.2. The number of fused-ring (bicyclic) bond motifs is 1. The van der Waals surface area contributed by atoms with Gasteiger partial charge in [0.25, 0.3) is 5.56 Å². The van der Waals surface area contributed by atoms with Gasteiger partial charge in [-0.05, 0) is 18.2 Å². The van der Waals surface area contributed by atoms with Crippen LogP contribution in [0.3, 0.4) is 0 Å². The predicted octanol–water partition coefficient (Wildman–Crippen LogP) is 3.79. The van der Waals surface area contributed by atoms with Crippen molar-refractivity contribution in [3.8, 4) is 10.6 Å². The molecular weight excluding hydrogens is 398 g/mol. The molecule has 0 radical (unpaired) electrons. The van der Waals surface area contributed by atoms with E-state index in [1.165, 1.54) is 21.9 Å². The molecule has 0 aliphatic carbocycles. The highest BCUT2D eigenvalue weighted by molar-refractivity contribution is 7.19. The van der Waals surface area contributed by atoms with Crippen molar-refractivity contribution in [3.63, 3.8) is 0 Å². The molecule has 0 saturated heterocycles. The minimum absolute atomic E-state index is 0.108. The lowest BCUT2D eigenvalue weighted by Crippen LogP contribution is -2.29. The second kappa shape index (κ2) is 7.79. The second-order valence-corrected chi connectivity index (χ2v) is 7.26. The molecule has 0 aliphatic heterocycles. The number of hydrogen-bond acceptors (Lipinski definition) is 5. The van der Waals surface area contributed by atoms with Crippen LogP contribution < -0.4 is 16.2 Å². The number of carbonyl (C=O) groups is 1. The fraction of sp³-hybridized carbons (Fsp3) is 0.0526. The van der Waals surface area contributed by atoms with Crippen molar-refractivity contribution in [3.05, 3.63) is 81.7 Å². The zero-order chi connectivity index (χ0) is 19.5. The number of carbonyl (C=O) groups excluding carboxylic acids is 1. The van der Waals surface area contributed by atoms with Gasteiger partial charge in [-0.15, -0.1) is 0 Å². The maximum Gasteiger partial charge on any atom is 0.319 e. The largest absolute Gasteiger partial charge is 0.332 e. The smallest absolute Gasteiger partial charge is 0.319 e. The van der Waals surface area contributed by atoms with Crippen LogP contribution in [0.1, 0.15) is 5.69 Å². The summed E-state index contributed by atoms with van der Waals surface area (Å²) in [5, 5.41) is 10.9. The molecule has 9 heteroatoms. The van der Waals surface area contributed by atoms with Crippen LogP contribution >= 0.6 is 22.9 Å². The van der Waals surface area contributed by atoms with Crippen LogP contribution in [0.15, 0.2) is 65.5 Å². The summed E-state index contributed by atoms with van der Waals surface area (Å²) in [4.78, 5) is 29.3. The van der Waals surface area contributed by atoms with Crippen molar-refractivity contribution in [2.45, 2.75) is 6.54 Å². The molecule has 4 aromatic rings. The molecule has 0 aliphatic rings. The first-order chi connectivity index (χ1) is 13.6. The highest BCUT2D eigenvalue weighted by Gasteiger charge is 2.11.